The largest absolute Gasteiger partial charge is 0.354 e. The van der Waals surface area contributed by atoms with Crippen LogP contribution in [0.15, 0.2) is 47.4 Å². The summed E-state index contributed by atoms with van der Waals surface area (Å²) >= 11 is 13.8. The number of nitrogens with one attached hydrogen (secondary N) is 1. The first-order chi connectivity index (χ1) is 14.8. The van der Waals surface area contributed by atoms with Gasteiger partial charge in [0.15, 0.2) is 0 Å². The minimum absolute atomic E-state index is 0.0517. The minimum Gasteiger partial charge on any atom is -0.354 e. The molecule has 0 aliphatic rings. The standard InChI is InChI=1S/C24H30Cl2N2O2S/c1-4-13-27-24(30)22(5-2)28(16-18-8-11-20(25)21(26)15-18)23(29)12-14-31-19-9-6-17(3)7-10-19/h6-11,15,22H,4-5,12-14,16H2,1-3H3,(H,27,30). The van der Waals surface area contributed by atoms with E-state index in [1.165, 1.54) is 5.56 Å². The highest BCUT2D eigenvalue weighted by Crippen LogP contribution is 2.25. The van der Waals surface area contributed by atoms with Crippen LogP contribution in [0.4, 0.5) is 0 Å². The van der Waals surface area contributed by atoms with Gasteiger partial charge in [-0.2, -0.15) is 0 Å². The van der Waals surface area contributed by atoms with Crippen LogP contribution in [0.25, 0.3) is 0 Å². The molecule has 0 fully saturated rings. The van der Waals surface area contributed by atoms with Gasteiger partial charge in [0.2, 0.25) is 11.8 Å². The summed E-state index contributed by atoms with van der Waals surface area (Å²) in [5.41, 5.74) is 2.05. The topological polar surface area (TPSA) is 49.4 Å². The fourth-order valence-electron chi connectivity index (χ4n) is 3.15. The van der Waals surface area contributed by atoms with Gasteiger partial charge >= 0.3 is 0 Å². The predicted octanol–water partition coefficient (Wildman–Crippen LogP) is 6.12. The van der Waals surface area contributed by atoms with Crippen LogP contribution >= 0.6 is 35.0 Å². The Balaban J connectivity index is 2.13. The van der Waals surface area contributed by atoms with Gasteiger partial charge in [0.1, 0.15) is 6.04 Å². The normalized spacial score (nSPS) is 11.8. The number of carbonyl (C=O) groups is 2. The van der Waals surface area contributed by atoms with Crippen molar-refractivity contribution in [1.29, 1.82) is 0 Å². The van der Waals surface area contributed by atoms with E-state index in [-0.39, 0.29) is 11.8 Å². The second kappa shape index (κ2) is 13.0. The molecule has 0 radical (unpaired) electrons. The fraction of sp³-hybridized carbons (Fsp3) is 0.417. The molecular weight excluding hydrogens is 451 g/mol. The number of aryl methyl sites for hydroxylation is 1. The van der Waals surface area contributed by atoms with Crippen LogP contribution < -0.4 is 5.32 Å². The van der Waals surface area contributed by atoms with E-state index >= 15 is 0 Å². The van der Waals surface area contributed by atoms with Crippen LogP contribution in [0.3, 0.4) is 0 Å². The number of nitrogens with zero attached hydrogens (tertiary/aromatic N) is 1. The quantitative estimate of drug-likeness (QED) is 0.394. The Morgan fingerprint density at radius 1 is 1.06 bits per heavy atom. The summed E-state index contributed by atoms with van der Waals surface area (Å²) in [6.45, 7) is 6.87. The van der Waals surface area contributed by atoms with Gasteiger partial charge in [0, 0.05) is 30.2 Å². The Kier molecular flexibility index (Phi) is 10.7. The Morgan fingerprint density at radius 3 is 2.39 bits per heavy atom. The Hall–Kier alpha value is -1.69. The number of amides is 2. The average Bonchev–Trinajstić information content (AvgIpc) is 2.75. The molecule has 0 spiro atoms. The molecule has 0 saturated heterocycles. The number of carbonyl (C=O) groups excluding carboxylic acids is 2. The third-order valence-corrected chi connectivity index (χ3v) is 6.63. The Bertz CT molecular complexity index is 874. The van der Waals surface area contributed by atoms with E-state index in [9.17, 15) is 9.59 Å². The Morgan fingerprint density at radius 2 is 1.77 bits per heavy atom. The second-order valence-electron chi connectivity index (χ2n) is 7.40. The minimum atomic E-state index is -0.530. The maximum absolute atomic E-state index is 13.2. The van der Waals surface area contributed by atoms with Crippen LogP contribution in [0, 0.1) is 6.92 Å². The molecule has 0 heterocycles. The molecule has 1 atom stereocenters. The van der Waals surface area contributed by atoms with Crippen molar-refractivity contribution in [3.05, 3.63) is 63.6 Å². The molecule has 2 rings (SSSR count). The molecule has 2 aromatic rings. The lowest BCUT2D eigenvalue weighted by molar-refractivity contribution is -0.141. The van der Waals surface area contributed by atoms with Crippen molar-refractivity contribution in [2.24, 2.45) is 0 Å². The summed E-state index contributed by atoms with van der Waals surface area (Å²) in [5, 5.41) is 3.83. The number of hydrogen-bond acceptors (Lipinski definition) is 3. The third kappa shape index (κ3) is 8.06. The first kappa shape index (κ1) is 25.6. The highest BCUT2D eigenvalue weighted by Gasteiger charge is 2.28. The maximum Gasteiger partial charge on any atom is 0.242 e. The van der Waals surface area contributed by atoms with Gasteiger partial charge in [0.25, 0.3) is 0 Å². The van der Waals surface area contributed by atoms with E-state index in [2.05, 4.69) is 29.6 Å². The van der Waals surface area contributed by atoms with Crippen molar-refractivity contribution >= 4 is 46.8 Å². The molecule has 31 heavy (non-hydrogen) atoms. The van der Waals surface area contributed by atoms with E-state index in [4.69, 9.17) is 23.2 Å². The van der Waals surface area contributed by atoms with Crippen molar-refractivity contribution < 1.29 is 9.59 Å². The van der Waals surface area contributed by atoms with Crippen molar-refractivity contribution in [2.45, 2.75) is 57.5 Å². The molecule has 4 nitrogen and oxygen atoms in total. The van der Waals surface area contributed by atoms with Gasteiger partial charge in [-0.05, 0) is 49.6 Å². The average molecular weight is 481 g/mol. The smallest absolute Gasteiger partial charge is 0.242 e. The molecule has 1 unspecified atom stereocenters. The van der Waals surface area contributed by atoms with Gasteiger partial charge in [-0.3, -0.25) is 9.59 Å². The van der Waals surface area contributed by atoms with Crippen LogP contribution in [0.1, 0.15) is 44.2 Å². The summed E-state index contributed by atoms with van der Waals surface area (Å²) in [6.07, 6.45) is 1.72. The number of thioether (sulfide) groups is 1. The van der Waals surface area contributed by atoms with Crippen molar-refractivity contribution in [3.8, 4) is 0 Å². The van der Waals surface area contributed by atoms with Crippen LogP contribution in [0.5, 0.6) is 0 Å². The second-order valence-corrected chi connectivity index (χ2v) is 9.38. The predicted molar refractivity (Wildman–Crippen MR) is 131 cm³/mol. The van der Waals surface area contributed by atoms with Crippen molar-refractivity contribution in [1.82, 2.24) is 10.2 Å². The molecule has 1 N–H and O–H groups in total. The van der Waals surface area contributed by atoms with E-state index in [1.54, 1.807) is 28.8 Å². The maximum atomic E-state index is 13.2. The van der Waals surface area contributed by atoms with E-state index in [0.29, 0.717) is 41.7 Å². The summed E-state index contributed by atoms with van der Waals surface area (Å²) in [4.78, 5) is 28.7. The van der Waals surface area contributed by atoms with E-state index in [1.807, 2.05) is 26.8 Å². The summed E-state index contributed by atoms with van der Waals surface area (Å²) in [7, 11) is 0. The van der Waals surface area contributed by atoms with Gasteiger partial charge in [-0.1, -0.05) is 60.8 Å². The monoisotopic (exact) mass is 480 g/mol. The Labute approximate surface area is 199 Å². The van der Waals surface area contributed by atoms with Gasteiger partial charge in [-0.25, -0.2) is 0 Å². The van der Waals surface area contributed by atoms with Gasteiger partial charge in [-0.15, -0.1) is 11.8 Å². The zero-order valence-electron chi connectivity index (χ0n) is 18.3. The van der Waals surface area contributed by atoms with Crippen molar-refractivity contribution in [3.63, 3.8) is 0 Å². The molecule has 2 amide bonds. The molecule has 0 aromatic heterocycles. The molecule has 7 heteroatoms. The van der Waals surface area contributed by atoms with Gasteiger partial charge in [0.05, 0.1) is 10.0 Å². The third-order valence-electron chi connectivity index (χ3n) is 4.88. The van der Waals surface area contributed by atoms with Gasteiger partial charge < -0.3 is 10.2 Å². The molecular formula is C24H30Cl2N2O2S. The summed E-state index contributed by atoms with van der Waals surface area (Å²) in [5.74, 6) is 0.473. The van der Waals surface area contributed by atoms with E-state index in [0.717, 1.165) is 16.9 Å². The molecule has 0 saturated carbocycles. The van der Waals surface area contributed by atoms with Crippen LogP contribution in [0.2, 0.25) is 10.0 Å². The van der Waals surface area contributed by atoms with Crippen LogP contribution in [-0.2, 0) is 16.1 Å². The van der Waals surface area contributed by atoms with E-state index < -0.39 is 6.04 Å². The highest BCUT2D eigenvalue weighted by atomic mass is 35.5. The number of rotatable bonds is 11. The zero-order valence-corrected chi connectivity index (χ0v) is 20.6. The molecule has 2 aromatic carbocycles. The fourth-order valence-corrected chi connectivity index (χ4v) is 4.32. The summed E-state index contributed by atoms with van der Waals surface area (Å²) in [6, 6.07) is 13.0. The molecule has 0 aliphatic heterocycles. The lowest BCUT2D eigenvalue weighted by Gasteiger charge is -2.30. The first-order valence-corrected chi connectivity index (χ1v) is 12.3. The first-order valence-electron chi connectivity index (χ1n) is 10.6. The lowest BCUT2D eigenvalue weighted by atomic mass is 10.1. The molecule has 0 bridgehead atoms. The lowest BCUT2D eigenvalue weighted by Crippen LogP contribution is -2.49. The summed E-state index contributed by atoms with van der Waals surface area (Å²) < 4.78 is 0. The van der Waals surface area contributed by atoms with Crippen molar-refractivity contribution in [2.75, 3.05) is 12.3 Å². The number of hydrogen-bond donors (Lipinski definition) is 1. The number of benzene rings is 2. The molecule has 168 valence electrons. The number of halogens is 2. The molecule has 0 aliphatic carbocycles. The highest BCUT2D eigenvalue weighted by molar-refractivity contribution is 7.99. The van der Waals surface area contributed by atoms with Crippen LogP contribution in [-0.4, -0.2) is 35.1 Å². The zero-order chi connectivity index (χ0) is 22.8. The SMILES string of the molecule is CCCNC(=O)C(CC)N(Cc1ccc(Cl)c(Cl)c1)C(=O)CCSc1ccc(C)cc1.